The van der Waals surface area contributed by atoms with E-state index in [4.69, 9.17) is 21.1 Å². The second-order valence-corrected chi connectivity index (χ2v) is 5.89. The van der Waals surface area contributed by atoms with Gasteiger partial charge in [-0.15, -0.1) is 0 Å². The zero-order valence-electron chi connectivity index (χ0n) is 12.8. The smallest absolute Gasteiger partial charge is 0.261 e. The molecule has 0 fully saturated rings. The van der Waals surface area contributed by atoms with Crippen molar-refractivity contribution < 1.29 is 14.3 Å². The number of amides is 1. The second kappa shape index (κ2) is 6.92. The molecule has 1 N–H and O–H groups in total. The maximum atomic E-state index is 12.4. The lowest BCUT2D eigenvalue weighted by Gasteiger charge is -2.27. The lowest BCUT2D eigenvalue weighted by atomic mass is 10.0. The van der Waals surface area contributed by atoms with Gasteiger partial charge in [0.1, 0.15) is 11.5 Å². The molecule has 0 aliphatic carbocycles. The van der Waals surface area contributed by atoms with Crippen molar-refractivity contribution in [3.8, 4) is 11.5 Å². The molecule has 23 heavy (non-hydrogen) atoms. The fourth-order valence-electron chi connectivity index (χ4n) is 2.55. The summed E-state index contributed by atoms with van der Waals surface area (Å²) in [6, 6.07) is 14.7. The Morgan fingerprint density at radius 3 is 2.78 bits per heavy atom. The van der Waals surface area contributed by atoms with Gasteiger partial charge in [0.25, 0.3) is 5.91 Å². The third-order valence-electron chi connectivity index (χ3n) is 3.77. The van der Waals surface area contributed by atoms with E-state index in [0.29, 0.717) is 17.4 Å². The summed E-state index contributed by atoms with van der Waals surface area (Å²) in [5.74, 6) is 1.29. The fraction of sp³-hybridized carbons (Fsp3) is 0.278. The van der Waals surface area contributed by atoms with Gasteiger partial charge < -0.3 is 14.8 Å². The Hall–Kier alpha value is -2.20. The lowest BCUT2D eigenvalue weighted by molar-refractivity contribution is -0.128. The first-order chi connectivity index (χ1) is 11.1. The summed E-state index contributed by atoms with van der Waals surface area (Å²) >= 11 is 5.84. The minimum atomic E-state index is -0.591. The number of rotatable bonds is 4. The molecule has 0 saturated heterocycles. The van der Waals surface area contributed by atoms with Crippen molar-refractivity contribution in [1.82, 2.24) is 5.32 Å². The van der Waals surface area contributed by atoms with Crippen LogP contribution in [0, 0.1) is 0 Å². The van der Waals surface area contributed by atoms with Gasteiger partial charge in [0.2, 0.25) is 0 Å². The number of hydrogen-bond donors (Lipinski definition) is 1. The van der Waals surface area contributed by atoms with E-state index in [0.717, 1.165) is 17.7 Å². The van der Waals surface area contributed by atoms with E-state index in [1.807, 2.05) is 24.3 Å². The van der Waals surface area contributed by atoms with E-state index < -0.39 is 6.10 Å². The van der Waals surface area contributed by atoms with Crippen molar-refractivity contribution >= 4 is 17.5 Å². The molecule has 120 valence electrons. The highest BCUT2D eigenvalue weighted by Crippen LogP contribution is 2.31. The molecule has 4 nitrogen and oxygen atoms in total. The number of carbonyl (C=O) groups is 1. The Morgan fingerprint density at radius 1 is 1.26 bits per heavy atom. The van der Waals surface area contributed by atoms with E-state index in [2.05, 4.69) is 5.32 Å². The van der Waals surface area contributed by atoms with Crippen molar-refractivity contribution in [3.63, 3.8) is 0 Å². The molecule has 1 heterocycles. The summed E-state index contributed by atoms with van der Waals surface area (Å²) in [6.07, 6.45) is 0.155. The Balaban J connectivity index is 1.64. The van der Waals surface area contributed by atoms with Crippen LogP contribution in [0.15, 0.2) is 48.5 Å². The van der Waals surface area contributed by atoms with Crippen LogP contribution >= 0.6 is 11.6 Å². The van der Waals surface area contributed by atoms with Crippen molar-refractivity contribution in [2.24, 2.45) is 0 Å². The monoisotopic (exact) mass is 331 g/mol. The van der Waals surface area contributed by atoms with Gasteiger partial charge in [0.05, 0.1) is 12.6 Å². The van der Waals surface area contributed by atoms with Gasteiger partial charge in [-0.2, -0.15) is 0 Å². The summed E-state index contributed by atoms with van der Waals surface area (Å²) in [4.78, 5) is 12.4. The van der Waals surface area contributed by atoms with Crippen LogP contribution in [-0.4, -0.2) is 18.6 Å². The number of carbonyl (C=O) groups excluding carboxylic acids is 1. The number of para-hydroxylation sites is 1. The number of hydrogen-bond acceptors (Lipinski definition) is 3. The van der Waals surface area contributed by atoms with E-state index >= 15 is 0 Å². The SMILES string of the molecule is CC(Oc1ccc(Cl)cc1)C(=O)NC1CCOc2ccccc21. The zero-order valence-corrected chi connectivity index (χ0v) is 13.5. The molecular formula is C18H18ClNO3. The fourth-order valence-corrected chi connectivity index (χ4v) is 2.68. The van der Waals surface area contributed by atoms with Crippen LogP contribution in [-0.2, 0) is 4.79 Å². The van der Waals surface area contributed by atoms with E-state index in [-0.39, 0.29) is 11.9 Å². The van der Waals surface area contributed by atoms with Crippen molar-refractivity contribution in [2.75, 3.05) is 6.61 Å². The number of benzene rings is 2. The summed E-state index contributed by atoms with van der Waals surface area (Å²) in [6.45, 7) is 2.32. The Bertz CT molecular complexity index is 687. The topological polar surface area (TPSA) is 47.6 Å². The number of ether oxygens (including phenoxy) is 2. The summed E-state index contributed by atoms with van der Waals surface area (Å²) in [7, 11) is 0. The van der Waals surface area contributed by atoms with E-state index in [1.54, 1.807) is 31.2 Å². The van der Waals surface area contributed by atoms with E-state index in [9.17, 15) is 4.79 Å². The summed E-state index contributed by atoms with van der Waals surface area (Å²) in [5.41, 5.74) is 1.01. The predicted octanol–water partition coefficient (Wildman–Crippen LogP) is 3.75. The van der Waals surface area contributed by atoms with Crippen LogP contribution in [0.2, 0.25) is 5.02 Å². The first-order valence-corrected chi connectivity index (χ1v) is 7.95. The van der Waals surface area contributed by atoms with Crippen LogP contribution in [0.25, 0.3) is 0 Å². The molecule has 2 atom stereocenters. The number of nitrogens with one attached hydrogen (secondary N) is 1. The molecule has 0 aromatic heterocycles. The quantitative estimate of drug-likeness (QED) is 0.928. The molecule has 1 aliphatic heterocycles. The maximum Gasteiger partial charge on any atom is 0.261 e. The standard InChI is InChI=1S/C18H18ClNO3/c1-12(23-14-8-6-13(19)7-9-14)18(21)20-16-10-11-22-17-5-3-2-4-15(16)17/h2-9,12,16H,10-11H2,1H3,(H,20,21). The normalized spacial score (nSPS) is 17.6. The first kappa shape index (κ1) is 15.7. The molecule has 5 heteroatoms. The molecule has 1 aliphatic rings. The molecule has 0 saturated carbocycles. The van der Waals surface area contributed by atoms with Gasteiger partial charge in [-0.3, -0.25) is 4.79 Å². The minimum Gasteiger partial charge on any atom is -0.493 e. The van der Waals surface area contributed by atoms with E-state index in [1.165, 1.54) is 0 Å². The van der Waals surface area contributed by atoms with Crippen LogP contribution in [0.5, 0.6) is 11.5 Å². The van der Waals surface area contributed by atoms with Gasteiger partial charge in [-0.05, 0) is 37.3 Å². The van der Waals surface area contributed by atoms with Crippen molar-refractivity contribution in [2.45, 2.75) is 25.5 Å². The average Bonchev–Trinajstić information content (AvgIpc) is 2.57. The molecule has 2 unspecified atom stereocenters. The lowest BCUT2D eigenvalue weighted by Crippen LogP contribution is -2.40. The second-order valence-electron chi connectivity index (χ2n) is 5.45. The Morgan fingerprint density at radius 2 is 2.00 bits per heavy atom. The molecule has 0 radical (unpaired) electrons. The molecule has 2 aromatic carbocycles. The minimum absolute atomic E-state index is 0.0521. The third kappa shape index (κ3) is 3.77. The summed E-state index contributed by atoms with van der Waals surface area (Å²) < 4.78 is 11.3. The molecule has 3 rings (SSSR count). The first-order valence-electron chi connectivity index (χ1n) is 7.58. The Labute approximate surface area is 140 Å². The van der Waals surface area contributed by atoms with Crippen LogP contribution in [0.3, 0.4) is 0 Å². The van der Waals surface area contributed by atoms with Crippen LogP contribution in [0.4, 0.5) is 0 Å². The average molecular weight is 332 g/mol. The number of fused-ring (bicyclic) bond motifs is 1. The van der Waals surface area contributed by atoms with Crippen LogP contribution < -0.4 is 14.8 Å². The highest BCUT2D eigenvalue weighted by atomic mass is 35.5. The molecular weight excluding hydrogens is 314 g/mol. The largest absolute Gasteiger partial charge is 0.493 e. The highest BCUT2D eigenvalue weighted by Gasteiger charge is 2.25. The van der Waals surface area contributed by atoms with Gasteiger partial charge in [-0.1, -0.05) is 29.8 Å². The van der Waals surface area contributed by atoms with Crippen molar-refractivity contribution in [3.05, 3.63) is 59.1 Å². The summed E-state index contributed by atoms with van der Waals surface area (Å²) in [5, 5.41) is 3.67. The van der Waals surface area contributed by atoms with Crippen molar-refractivity contribution in [1.29, 1.82) is 0 Å². The zero-order chi connectivity index (χ0) is 16.2. The van der Waals surface area contributed by atoms with Gasteiger partial charge >= 0.3 is 0 Å². The molecule has 1 amide bonds. The van der Waals surface area contributed by atoms with Gasteiger partial charge in [0, 0.05) is 17.0 Å². The molecule has 2 aromatic rings. The highest BCUT2D eigenvalue weighted by molar-refractivity contribution is 6.30. The Kier molecular flexibility index (Phi) is 4.72. The van der Waals surface area contributed by atoms with Crippen LogP contribution in [0.1, 0.15) is 24.9 Å². The number of halogens is 1. The maximum absolute atomic E-state index is 12.4. The van der Waals surface area contributed by atoms with Gasteiger partial charge in [-0.25, -0.2) is 0 Å². The molecule has 0 bridgehead atoms. The predicted molar refractivity (Wildman–Crippen MR) is 89.0 cm³/mol. The van der Waals surface area contributed by atoms with Gasteiger partial charge in [0.15, 0.2) is 6.10 Å². The third-order valence-corrected chi connectivity index (χ3v) is 4.02. The molecule has 0 spiro atoms.